The fourth-order valence-corrected chi connectivity index (χ4v) is 11.3. The molecule has 12 rings (SSSR count). The molecule has 1 unspecified atom stereocenters. The van der Waals surface area contributed by atoms with Crippen molar-refractivity contribution >= 4 is 61.2 Å². The lowest BCUT2D eigenvalue weighted by Crippen LogP contribution is -2.28. The van der Waals surface area contributed by atoms with Crippen molar-refractivity contribution in [2.24, 2.45) is 0 Å². The molecule has 3 aliphatic carbocycles. The predicted octanol–water partition coefficient (Wildman–Crippen LogP) is 15.0. The molecule has 2 atom stereocenters. The smallest absolute Gasteiger partial charge is 0.138 e. The predicted molar refractivity (Wildman–Crippen MR) is 262 cm³/mol. The lowest BCUT2D eigenvalue weighted by molar-refractivity contribution is 0.654. The van der Waals surface area contributed by atoms with Gasteiger partial charge in [0.15, 0.2) is 0 Å². The number of aromatic nitrogens is 2. The van der Waals surface area contributed by atoms with E-state index in [2.05, 4.69) is 213 Å². The number of fused-ring (bicyclic) bond motifs is 10. The zero-order valence-electron chi connectivity index (χ0n) is 35.4. The van der Waals surface area contributed by atoms with E-state index in [1.54, 1.807) is 0 Å². The molecule has 1 aliphatic heterocycles. The number of pyridine rings is 1. The monoisotopic (exact) mass is 797 g/mol. The first-order valence-corrected chi connectivity index (χ1v) is 22.1. The molecular weight excluding hydrogens is 751 g/mol. The number of nitrogens with zero attached hydrogens (tertiary/aromatic N) is 3. The summed E-state index contributed by atoms with van der Waals surface area (Å²) in [7, 11) is 0. The molecule has 0 saturated heterocycles. The van der Waals surface area contributed by atoms with E-state index in [4.69, 9.17) is 4.98 Å². The molecule has 0 bridgehead atoms. The van der Waals surface area contributed by atoms with E-state index in [1.807, 2.05) is 6.08 Å². The van der Waals surface area contributed by atoms with Crippen LogP contribution in [0.3, 0.4) is 0 Å². The zero-order valence-corrected chi connectivity index (χ0v) is 35.4. The lowest BCUT2D eigenvalue weighted by Gasteiger charge is -2.29. The zero-order chi connectivity index (χ0) is 41.7. The van der Waals surface area contributed by atoms with Crippen LogP contribution in [0.1, 0.15) is 66.6 Å². The molecule has 2 aromatic heterocycles. The highest BCUT2D eigenvalue weighted by Gasteiger charge is 2.39. The molecule has 0 amide bonds. The van der Waals surface area contributed by atoms with Crippen molar-refractivity contribution in [1.29, 1.82) is 0 Å². The number of para-hydroxylation sites is 2. The Hall–Kier alpha value is -7.23. The normalized spacial score (nSPS) is 18.4. The van der Waals surface area contributed by atoms with E-state index in [-0.39, 0.29) is 17.4 Å². The first-order valence-electron chi connectivity index (χ1n) is 22.1. The maximum absolute atomic E-state index is 5.69. The Labute approximate surface area is 363 Å². The summed E-state index contributed by atoms with van der Waals surface area (Å²) in [6.07, 6.45) is 20.1. The van der Waals surface area contributed by atoms with Crippen LogP contribution in [-0.2, 0) is 11.8 Å². The standard InChI is InChI=1S/C59H47N3/c1-5-38(33-52-37(2)42-22-13-16-28-51(42)59(52,3)4)57-43-23-10-9-19-39(43)35-56(60-57)62-54-30-18-14-25-45(54)47-32-31-40(34-55(47)62)49-36-50-46-26-15-17-29-53(46)61(41-20-7-6-8-21-41)58(50)48-27-12-11-24-44(48)49/h5-9,11-22,24-36,46,53H,1,10,23H2,2-4H3/b38-33+/t46-,53?/m0/s1. The SMILES string of the molecule is C=C/C(=C\C1=C(C)c2ccccc2C1(C)C)c1nc(-n2c3ccccc3c3ccc(-c4cc5c(c6ccccc46)N(c4ccccc4)C4C=CC=C[C@@H]54)cc32)cc2c1CCC=C2. The molecule has 3 heterocycles. The Morgan fingerprint density at radius 1 is 0.742 bits per heavy atom. The van der Waals surface area contributed by atoms with Gasteiger partial charge >= 0.3 is 0 Å². The topological polar surface area (TPSA) is 21.1 Å². The van der Waals surface area contributed by atoms with Crippen molar-refractivity contribution in [2.45, 2.75) is 51.0 Å². The molecule has 298 valence electrons. The third-order valence-electron chi connectivity index (χ3n) is 14.2. The largest absolute Gasteiger partial charge is 0.333 e. The van der Waals surface area contributed by atoms with Crippen LogP contribution in [0, 0.1) is 0 Å². The number of anilines is 2. The molecule has 0 spiro atoms. The Bertz CT molecular complexity index is 3360. The molecule has 8 aromatic rings. The van der Waals surface area contributed by atoms with E-state index in [0.717, 1.165) is 41.0 Å². The summed E-state index contributed by atoms with van der Waals surface area (Å²) in [5.41, 5.74) is 18.4. The van der Waals surface area contributed by atoms with Gasteiger partial charge < -0.3 is 4.90 Å². The molecule has 0 N–H and O–H groups in total. The van der Waals surface area contributed by atoms with E-state index in [9.17, 15) is 0 Å². The van der Waals surface area contributed by atoms with Gasteiger partial charge in [0, 0.05) is 38.8 Å². The maximum Gasteiger partial charge on any atom is 0.138 e. The van der Waals surface area contributed by atoms with E-state index >= 15 is 0 Å². The van der Waals surface area contributed by atoms with Gasteiger partial charge in [0.2, 0.25) is 0 Å². The van der Waals surface area contributed by atoms with Gasteiger partial charge in [-0.2, -0.15) is 0 Å². The van der Waals surface area contributed by atoms with E-state index < -0.39 is 0 Å². The molecule has 62 heavy (non-hydrogen) atoms. The van der Waals surface area contributed by atoms with Crippen molar-refractivity contribution in [3.05, 3.63) is 222 Å². The fraction of sp³-hybridized carbons (Fsp3) is 0.136. The number of benzene rings is 6. The fourth-order valence-electron chi connectivity index (χ4n) is 11.3. The summed E-state index contributed by atoms with van der Waals surface area (Å²) in [6.45, 7) is 11.4. The van der Waals surface area contributed by atoms with Gasteiger partial charge in [-0.1, -0.05) is 160 Å². The Kier molecular flexibility index (Phi) is 8.21. The number of hydrogen-bond donors (Lipinski definition) is 0. The van der Waals surface area contributed by atoms with Gasteiger partial charge in [-0.05, 0) is 118 Å². The molecule has 0 radical (unpaired) electrons. The maximum atomic E-state index is 5.69. The van der Waals surface area contributed by atoms with Crippen LogP contribution in [0.2, 0.25) is 0 Å². The lowest BCUT2D eigenvalue weighted by atomic mass is 9.80. The second-order valence-corrected chi connectivity index (χ2v) is 17.8. The van der Waals surface area contributed by atoms with Crippen molar-refractivity contribution < 1.29 is 0 Å². The molecule has 4 aliphatic rings. The molecular formula is C59H47N3. The molecule has 6 aromatic carbocycles. The van der Waals surface area contributed by atoms with Gasteiger partial charge in [-0.25, -0.2) is 4.98 Å². The molecule has 0 saturated carbocycles. The highest BCUT2D eigenvalue weighted by Crippen LogP contribution is 2.53. The highest BCUT2D eigenvalue weighted by atomic mass is 15.2. The van der Waals surface area contributed by atoms with Gasteiger partial charge in [0.05, 0.1) is 28.5 Å². The number of rotatable bonds is 6. The first kappa shape index (κ1) is 36.6. The number of allylic oxidation sites excluding steroid dienone is 8. The average Bonchev–Trinajstić information content (AvgIpc) is 3.90. The minimum absolute atomic E-state index is 0.137. The summed E-state index contributed by atoms with van der Waals surface area (Å²) < 4.78 is 2.40. The van der Waals surface area contributed by atoms with Crippen molar-refractivity contribution in [1.82, 2.24) is 9.55 Å². The summed E-state index contributed by atoms with van der Waals surface area (Å²) in [5.74, 6) is 1.16. The Morgan fingerprint density at radius 3 is 2.32 bits per heavy atom. The minimum atomic E-state index is -0.137. The second kappa shape index (κ2) is 13.9. The summed E-state index contributed by atoms with van der Waals surface area (Å²) in [4.78, 5) is 8.25. The minimum Gasteiger partial charge on any atom is -0.333 e. The van der Waals surface area contributed by atoms with E-state index in [1.165, 1.54) is 83.0 Å². The summed E-state index contributed by atoms with van der Waals surface area (Å²) >= 11 is 0. The molecule has 3 heteroatoms. The second-order valence-electron chi connectivity index (χ2n) is 17.8. The van der Waals surface area contributed by atoms with Crippen LogP contribution in [0.15, 0.2) is 188 Å². The van der Waals surface area contributed by atoms with Crippen LogP contribution < -0.4 is 4.90 Å². The summed E-state index contributed by atoms with van der Waals surface area (Å²) in [6, 6.07) is 49.6. The Morgan fingerprint density at radius 2 is 1.48 bits per heavy atom. The molecule has 0 fully saturated rings. The first-order chi connectivity index (χ1) is 30.4. The van der Waals surface area contributed by atoms with Crippen LogP contribution in [0.25, 0.3) is 66.7 Å². The van der Waals surface area contributed by atoms with Gasteiger partial charge in [-0.3, -0.25) is 4.57 Å². The van der Waals surface area contributed by atoms with Crippen molar-refractivity contribution in [3.8, 4) is 16.9 Å². The third kappa shape index (κ3) is 5.34. The van der Waals surface area contributed by atoms with Gasteiger partial charge in [0.1, 0.15) is 5.82 Å². The Balaban J connectivity index is 1.07. The summed E-state index contributed by atoms with van der Waals surface area (Å²) in [5, 5.41) is 4.96. The van der Waals surface area contributed by atoms with Gasteiger partial charge in [-0.15, -0.1) is 0 Å². The number of hydrogen-bond acceptors (Lipinski definition) is 2. The van der Waals surface area contributed by atoms with E-state index in [0.29, 0.717) is 0 Å². The molecule has 3 nitrogen and oxygen atoms in total. The van der Waals surface area contributed by atoms with Crippen LogP contribution in [-0.4, -0.2) is 15.6 Å². The average molecular weight is 798 g/mol. The van der Waals surface area contributed by atoms with Crippen LogP contribution in [0.5, 0.6) is 0 Å². The third-order valence-corrected chi connectivity index (χ3v) is 14.2. The highest BCUT2D eigenvalue weighted by molar-refractivity contribution is 6.12. The van der Waals surface area contributed by atoms with Crippen LogP contribution >= 0.6 is 0 Å². The van der Waals surface area contributed by atoms with Crippen molar-refractivity contribution in [2.75, 3.05) is 4.90 Å². The van der Waals surface area contributed by atoms with Crippen LogP contribution in [0.4, 0.5) is 11.4 Å². The van der Waals surface area contributed by atoms with Gasteiger partial charge in [0.25, 0.3) is 0 Å². The quantitative estimate of drug-likeness (QED) is 0.156. The van der Waals surface area contributed by atoms with Crippen molar-refractivity contribution in [3.63, 3.8) is 0 Å².